The molecule has 0 radical (unpaired) electrons. The van der Waals surface area contributed by atoms with Crippen LogP contribution >= 0.6 is 0 Å². The third-order valence-corrected chi connectivity index (χ3v) is 5.22. The second-order valence-electron chi connectivity index (χ2n) is 7.49. The van der Waals surface area contributed by atoms with Gasteiger partial charge in [0.25, 0.3) is 0 Å². The van der Waals surface area contributed by atoms with Gasteiger partial charge in [-0.1, -0.05) is 25.5 Å². The molecule has 6 heteroatoms. The van der Waals surface area contributed by atoms with Crippen LogP contribution in [0.1, 0.15) is 39.2 Å². The van der Waals surface area contributed by atoms with Crippen LogP contribution in [0.25, 0.3) is 0 Å². The SMILES string of the molecule is CCCCc1ccc(/N=N/c2ccc(/N=N/c3ccc(N(CC)CC)cc3)cc2F)cc1. The monoisotopic (exact) mass is 431 g/mol. The Morgan fingerprint density at radius 2 is 1.25 bits per heavy atom. The van der Waals surface area contributed by atoms with Gasteiger partial charge in [-0.2, -0.15) is 15.3 Å². The van der Waals surface area contributed by atoms with Gasteiger partial charge in [0.15, 0.2) is 5.82 Å². The summed E-state index contributed by atoms with van der Waals surface area (Å²) in [5, 5.41) is 16.5. The summed E-state index contributed by atoms with van der Waals surface area (Å²) < 4.78 is 14.4. The van der Waals surface area contributed by atoms with Crippen LogP contribution in [0.2, 0.25) is 0 Å². The van der Waals surface area contributed by atoms with Crippen LogP contribution in [-0.4, -0.2) is 13.1 Å². The Balaban J connectivity index is 1.64. The summed E-state index contributed by atoms with van der Waals surface area (Å²) >= 11 is 0. The minimum absolute atomic E-state index is 0.169. The molecular formula is C26H30FN5. The molecular weight excluding hydrogens is 401 g/mol. The standard InChI is InChI=1S/C26H30FN5/c1-4-7-8-20-9-11-21(12-10-20)29-31-26-18-15-23(19-25(26)27)30-28-22-13-16-24(17-14-22)32(5-2)6-3/h9-19H,4-8H2,1-3H3/b30-28+,31-29+. The molecule has 0 saturated heterocycles. The first-order valence-electron chi connectivity index (χ1n) is 11.2. The molecule has 5 nitrogen and oxygen atoms in total. The maximum absolute atomic E-state index is 14.4. The van der Waals surface area contributed by atoms with Crippen molar-refractivity contribution in [2.24, 2.45) is 20.5 Å². The third kappa shape index (κ3) is 6.54. The predicted molar refractivity (Wildman–Crippen MR) is 130 cm³/mol. The van der Waals surface area contributed by atoms with Gasteiger partial charge >= 0.3 is 0 Å². The van der Waals surface area contributed by atoms with Gasteiger partial charge in [0, 0.05) is 24.8 Å². The topological polar surface area (TPSA) is 52.7 Å². The number of rotatable bonds is 10. The maximum Gasteiger partial charge on any atom is 0.152 e. The molecule has 0 unspecified atom stereocenters. The van der Waals surface area contributed by atoms with Crippen molar-refractivity contribution in [3.63, 3.8) is 0 Å². The number of nitrogens with zero attached hydrogens (tertiary/aromatic N) is 5. The molecule has 0 aliphatic heterocycles. The zero-order valence-electron chi connectivity index (χ0n) is 19.0. The fourth-order valence-electron chi connectivity index (χ4n) is 3.30. The fraction of sp³-hybridized carbons (Fsp3) is 0.308. The molecule has 3 aromatic carbocycles. The predicted octanol–water partition coefficient (Wildman–Crippen LogP) is 8.85. The van der Waals surface area contributed by atoms with Crippen molar-refractivity contribution in [3.05, 3.63) is 78.1 Å². The number of hydrogen-bond acceptors (Lipinski definition) is 5. The van der Waals surface area contributed by atoms with E-state index < -0.39 is 5.82 Å². The van der Waals surface area contributed by atoms with Gasteiger partial charge in [-0.25, -0.2) is 4.39 Å². The van der Waals surface area contributed by atoms with E-state index in [4.69, 9.17) is 0 Å². The van der Waals surface area contributed by atoms with Gasteiger partial charge in [0.05, 0.1) is 17.1 Å². The quantitative estimate of drug-likeness (QED) is 0.296. The number of anilines is 1. The van der Waals surface area contributed by atoms with E-state index in [9.17, 15) is 4.39 Å². The first kappa shape index (κ1) is 23.3. The van der Waals surface area contributed by atoms with E-state index >= 15 is 0 Å². The Bertz CT molecular complexity index is 1040. The number of aryl methyl sites for hydroxylation is 1. The summed E-state index contributed by atoms with van der Waals surface area (Å²) in [4.78, 5) is 2.25. The zero-order valence-corrected chi connectivity index (χ0v) is 19.0. The largest absolute Gasteiger partial charge is 0.372 e. The van der Waals surface area contributed by atoms with E-state index in [1.54, 1.807) is 12.1 Å². The third-order valence-electron chi connectivity index (χ3n) is 5.22. The Morgan fingerprint density at radius 3 is 1.84 bits per heavy atom. The minimum Gasteiger partial charge on any atom is -0.372 e. The average Bonchev–Trinajstić information content (AvgIpc) is 2.83. The Hall–Kier alpha value is -3.41. The first-order valence-corrected chi connectivity index (χ1v) is 11.2. The molecule has 0 aliphatic rings. The van der Waals surface area contributed by atoms with Crippen LogP contribution in [0.5, 0.6) is 0 Å². The normalized spacial score (nSPS) is 11.5. The summed E-state index contributed by atoms with van der Waals surface area (Å²) in [6.45, 7) is 8.32. The molecule has 166 valence electrons. The minimum atomic E-state index is -0.485. The first-order chi connectivity index (χ1) is 15.6. The molecule has 3 aromatic rings. The molecule has 0 aliphatic carbocycles. The molecule has 0 N–H and O–H groups in total. The van der Waals surface area contributed by atoms with Crippen LogP contribution in [0.15, 0.2) is 87.2 Å². The van der Waals surface area contributed by atoms with Crippen molar-refractivity contribution in [2.45, 2.75) is 40.0 Å². The van der Waals surface area contributed by atoms with E-state index in [0.717, 1.165) is 31.6 Å². The van der Waals surface area contributed by atoms with Crippen molar-refractivity contribution in [2.75, 3.05) is 18.0 Å². The summed E-state index contributed by atoms with van der Waals surface area (Å²) in [6, 6.07) is 20.3. The Labute approximate surface area is 189 Å². The highest BCUT2D eigenvalue weighted by atomic mass is 19.1. The number of unbranched alkanes of at least 4 members (excludes halogenated alkanes) is 1. The number of hydrogen-bond donors (Lipinski definition) is 0. The Morgan fingerprint density at radius 1 is 0.688 bits per heavy atom. The van der Waals surface area contributed by atoms with Crippen molar-refractivity contribution in [3.8, 4) is 0 Å². The molecule has 3 rings (SSSR count). The van der Waals surface area contributed by atoms with Gasteiger partial charge in [-0.3, -0.25) is 0 Å². The van der Waals surface area contributed by atoms with Crippen molar-refractivity contribution in [1.29, 1.82) is 0 Å². The van der Waals surface area contributed by atoms with Crippen LogP contribution < -0.4 is 4.90 Å². The molecule has 0 spiro atoms. The van der Waals surface area contributed by atoms with Crippen LogP contribution in [0.3, 0.4) is 0 Å². The number of benzene rings is 3. The van der Waals surface area contributed by atoms with E-state index in [2.05, 4.69) is 46.1 Å². The molecule has 0 fully saturated rings. The zero-order chi connectivity index (χ0) is 22.8. The summed E-state index contributed by atoms with van der Waals surface area (Å²) in [5.41, 5.74) is 4.42. The van der Waals surface area contributed by atoms with Gasteiger partial charge in [-0.05, 0) is 80.8 Å². The summed E-state index contributed by atoms with van der Waals surface area (Å²) in [5.74, 6) is -0.485. The lowest BCUT2D eigenvalue weighted by Crippen LogP contribution is -2.21. The second-order valence-corrected chi connectivity index (χ2v) is 7.49. The van der Waals surface area contributed by atoms with Gasteiger partial charge in [0.2, 0.25) is 0 Å². The smallest absolute Gasteiger partial charge is 0.152 e. The summed E-state index contributed by atoms with van der Waals surface area (Å²) in [6.07, 6.45) is 3.38. The second kappa shape index (κ2) is 11.8. The van der Waals surface area contributed by atoms with Crippen LogP contribution in [-0.2, 0) is 6.42 Å². The Kier molecular flexibility index (Phi) is 8.61. The molecule has 0 heterocycles. The fourth-order valence-corrected chi connectivity index (χ4v) is 3.30. The lowest BCUT2D eigenvalue weighted by Gasteiger charge is -2.20. The van der Waals surface area contributed by atoms with Gasteiger partial charge < -0.3 is 4.90 Å². The van der Waals surface area contributed by atoms with Crippen LogP contribution in [0, 0.1) is 5.82 Å². The highest BCUT2D eigenvalue weighted by Crippen LogP contribution is 2.27. The molecule has 0 amide bonds. The van der Waals surface area contributed by atoms with Crippen molar-refractivity contribution >= 4 is 28.4 Å². The lowest BCUT2D eigenvalue weighted by molar-refractivity contribution is 0.628. The van der Waals surface area contributed by atoms with Crippen LogP contribution in [0.4, 0.5) is 32.8 Å². The van der Waals surface area contributed by atoms with Gasteiger partial charge in [0.1, 0.15) is 5.69 Å². The maximum atomic E-state index is 14.4. The lowest BCUT2D eigenvalue weighted by atomic mass is 10.1. The van der Waals surface area contributed by atoms with Gasteiger partial charge in [-0.15, -0.1) is 5.11 Å². The molecule has 32 heavy (non-hydrogen) atoms. The van der Waals surface area contributed by atoms with E-state index in [1.807, 2.05) is 48.5 Å². The van der Waals surface area contributed by atoms with Crippen molar-refractivity contribution in [1.82, 2.24) is 0 Å². The average molecular weight is 432 g/mol. The van der Waals surface area contributed by atoms with E-state index in [0.29, 0.717) is 17.1 Å². The summed E-state index contributed by atoms with van der Waals surface area (Å²) in [7, 11) is 0. The molecule has 0 atom stereocenters. The molecule has 0 aromatic heterocycles. The molecule has 0 saturated carbocycles. The number of azo groups is 2. The number of halogens is 1. The highest BCUT2D eigenvalue weighted by molar-refractivity contribution is 5.53. The van der Waals surface area contributed by atoms with E-state index in [-0.39, 0.29) is 5.69 Å². The van der Waals surface area contributed by atoms with E-state index in [1.165, 1.54) is 18.1 Å². The molecule has 0 bridgehead atoms. The highest BCUT2D eigenvalue weighted by Gasteiger charge is 2.04. The van der Waals surface area contributed by atoms with Crippen molar-refractivity contribution < 1.29 is 4.39 Å².